The smallest absolute Gasteiger partial charge is 0.225 e. The molecule has 156 valence electrons. The SMILES string of the molecule is CC(C)(C)c1cccc(OC[C@H]2CC[C@H]3CN(c4ncc(F)cn4)CCN3C2)c1. The second kappa shape index (κ2) is 8.27. The van der Waals surface area contributed by atoms with E-state index in [4.69, 9.17) is 4.74 Å². The fraction of sp³-hybridized carbons (Fsp3) is 0.565. The molecule has 0 amide bonds. The molecule has 0 bridgehead atoms. The first-order valence-corrected chi connectivity index (χ1v) is 10.6. The van der Waals surface area contributed by atoms with Crippen molar-refractivity contribution in [2.24, 2.45) is 5.92 Å². The molecule has 2 atom stereocenters. The standard InChI is InChI=1S/C23H31FN4O/c1-23(2,3)18-5-4-6-21(11-18)29-16-17-7-8-20-15-28(10-9-27(20)14-17)22-25-12-19(24)13-26-22/h4-6,11-13,17,20H,7-10,14-16H2,1-3H3/t17-,20-/m0/s1. The number of hydrogen-bond acceptors (Lipinski definition) is 5. The molecule has 2 aromatic rings. The molecule has 2 aliphatic heterocycles. The third-order valence-electron chi connectivity index (χ3n) is 6.08. The van der Waals surface area contributed by atoms with E-state index in [1.165, 1.54) is 18.0 Å². The maximum atomic E-state index is 13.1. The molecule has 3 heterocycles. The van der Waals surface area contributed by atoms with Crippen molar-refractivity contribution in [2.45, 2.75) is 45.1 Å². The first-order valence-electron chi connectivity index (χ1n) is 10.6. The van der Waals surface area contributed by atoms with E-state index >= 15 is 0 Å². The third-order valence-corrected chi connectivity index (χ3v) is 6.08. The summed E-state index contributed by atoms with van der Waals surface area (Å²) in [5, 5.41) is 0. The molecule has 4 rings (SSSR count). The predicted molar refractivity (Wildman–Crippen MR) is 113 cm³/mol. The Morgan fingerprint density at radius 2 is 1.90 bits per heavy atom. The van der Waals surface area contributed by atoms with Crippen LogP contribution in [0.15, 0.2) is 36.7 Å². The minimum Gasteiger partial charge on any atom is -0.493 e. The highest BCUT2D eigenvalue weighted by Gasteiger charge is 2.33. The quantitative estimate of drug-likeness (QED) is 0.782. The summed E-state index contributed by atoms with van der Waals surface area (Å²) in [5.41, 5.74) is 1.43. The van der Waals surface area contributed by atoms with Gasteiger partial charge in [0.2, 0.25) is 5.95 Å². The van der Waals surface area contributed by atoms with E-state index in [2.05, 4.69) is 64.8 Å². The van der Waals surface area contributed by atoms with E-state index in [0.717, 1.165) is 51.4 Å². The van der Waals surface area contributed by atoms with Crippen molar-refractivity contribution in [3.63, 3.8) is 0 Å². The minimum atomic E-state index is -0.388. The zero-order valence-corrected chi connectivity index (χ0v) is 17.6. The first-order chi connectivity index (χ1) is 13.9. The normalized spacial score (nSPS) is 23.0. The third kappa shape index (κ3) is 4.86. The average Bonchev–Trinajstić information content (AvgIpc) is 2.72. The van der Waals surface area contributed by atoms with Crippen LogP contribution in [0.4, 0.5) is 10.3 Å². The molecule has 1 aromatic carbocycles. The fourth-order valence-corrected chi connectivity index (χ4v) is 4.31. The van der Waals surface area contributed by atoms with E-state index in [0.29, 0.717) is 17.9 Å². The number of ether oxygens (including phenoxy) is 1. The van der Waals surface area contributed by atoms with Gasteiger partial charge in [0, 0.05) is 38.1 Å². The Morgan fingerprint density at radius 1 is 1.10 bits per heavy atom. The van der Waals surface area contributed by atoms with Gasteiger partial charge in [0.25, 0.3) is 0 Å². The molecular weight excluding hydrogens is 367 g/mol. The number of rotatable bonds is 4. The summed E-state index contributed by atoms with van der Waals surface area (Å²) in [6.45, 7) is 11.3. The van der Waals surface area contributed by atoms with Crippen LogP contribution in [-0.4, -0.2) is 53.7 Å². The van der Waals surface area contributed by atoms with Gasteiger partial charge in [-0.2, -0.15) is 0 Å². The highest BCUT2D eigenvalue weighted by molar-refractivity contribution is 5.33. The lowest BCUT2D eigenvalue weighted by Gasteiger charge is -2.46. The van der Waals surface area contributed by atoms with E-state index in [-0.39, 0.29) is 11.2 Å². The predicted octanol–water partition coefficient (Wildman–Crippen LogP) is 3.89. The summed E-state index contributed by atoms with van der Waals surface area (Å²) in [6.07, 6.45) is 4.81. The van der Waals surface area contributed by atoms with Crippen LogP contribution in [0.2, 0.25) is 0 Å². The molecule has 0 N–H and O–H groups in total. The number of piperazine rings is 1. The van der Waals surface area contributed by atoms with Crippen LogP contribution < -0.4 is 9.64 Å². The molecule has 1 aromatic heterocycles. The van der Waals surface area contributed by atoms with E-state index in [1.807, 2.05) is 0 Å². The first kappa shape index (κ1) is 20.1. The Bertz CT molecular complexity index is 820. The lowest BCUT2D eigenvalue weighted by molar-refractivity contribution is 0.0725. The summed E-state index contributed by atoms with van der Waals surface area (Å²) in [6, 6.07) is 9.00. The van der Waals surface area contributed by atoms with E-state index in [1.54, 1.807) is 0 Å². The van der Waals surface area contributed by atoms with Crippen LogP contribution in [0.5, 0.6) is 5.75 Å². The largest absolute Gasteiger partial charge is 0.493 e. The van der Waals surface area contributed by atoms with Gasteiger partial charge < -0.3 is 9.64 Å². The fourth-order valence-electron chi connectivity index (χ4n) is 4.31. The number of anilines is 1. The number of hydrogen-bond donors (Lipinski definition) is 0. The Kier molecular flexibility index (Phi) is 5.72. The summed E-state index contributed by atoms with van der Waals surface area (Å²) in [5.74, 6) is 1.77. The van der Waals surface area contributed by atoms with Gasteiger partial charge in [-0.25, -0.2) is 14.4 Å². The average molecular weight is 399 g/mol. The van der Waals surface area contributed by atoms with Gasteiger partial charge in [-0.1, -0.05) is 32.9 Å². The van der Waals surface area contributed by atoms with Crippen LogP contribution in [0.1, 0.15) is 39.2 Å². The lowest BCUT2D eigenvalue weighted by Crippen LogP contribution is -2.57. The summed E-state index contributed by atoms with van der Waals surface area (Å²) in [4.78, 5) is 13.0. The zero-order chi connectivity index (χ0) is 20.4. The van der Waals surface area contributed by atoms with Crippen molar-refractivity contribution in [1.29, 1.82) is 0 Å². The minimum absolute atomic E-state index is 0.130. The monoisotopic (exact) mass is 398 g/mol. The van der Waals surface area contributed by atoms with Gasteiger partial charge in [-0.3, -0.25) is 4.90 Å². The zero-order valence-electron chi connectivity index (χ0n) is 17.6. The highest BCUT2D eigenvalue weighted by Crippen LogP contribution is 2.29. The number of fused-ring (bicyclic) bond motifs is 1. The molecule has 2 aliphatic rings. The molecule has 29 heavy (non-hydrogen) atoms. The maximum absolute atomic E-state index is 13.1. The molecule has 6 heteroatoms. The molecule has 0 aliphatic carbocycles. The van der Waals surface area contributed by atoms with Crippen molar-refractivity contribution in [2.75, 3.05) is 37.7 Å². The van der Waals surface area contributed by atoms with Crippen molar-refractivity contribution in [1.82, 2.24) is 14.9 Å². The lowest BCUT2D eigenvalue weighted by atomic mass is 9.87. The van der Waals surface area contributed by atoms with Crippen molar-refractivity contribution in [3.8, 4) is 5.75 Å². The van der Waals surface area contributed by atoms with E-state index < -0.39 is 0 Å². The molecule has 0 radical (unpaired) electrons. The van der Waals surface area contributed by atoms with Crippen molar-refractivity contribution < 1.29 is 9.13 Å². The molecular formula is C23H31FN4O. The van der Waals surface area contributed by atoms with Crippen LogP contribution in [0.3, 0.4) is 0 Å². The van der Waals surface area contributed by atoms with Crippen molar-refractivity contribution in [3.05, 3.63) is 48.0 Å². The number of nitrogens with zero attached hydrogens (tertiary/aromatic N) is 4. The molecule has 2 fully saturated rings. The van der Waals surface area contributed by atoms with Gasteiger partial charge >= 0.3 is 0 Å². The van der Waals surface area contributed by atoms with Gasteiger partial charge in [-0.15, -0.1) is 0 Å². The van der Waals surface area contributed by atoms with Gasteiger partial charge in [0.15, 0.2) is 5.82 Å². The highest BCUT2D eigenvalue weighted by atomic mass is 19.1. The summed E-state index contributed by atoms with van der Waals surface area (Å²) >= 11 is 0. The molecule has 2 saturated heterocycles. The van der Waals surface area contributed by atoms with Crippen molar-refractivity contribution >= 4 is 5.95 Å². The van der Waals surface area contributed by atoms with Crippen LogP contribution in [0.25, 0.3) is 0 Å². The van der Waals surface area contributed by atoms with Gasteiger partial charge in [0.05, 0.1) is 19.0 Å². The number of halogens is 1. The van der Waals surface area contributed by atoms with Crippen LogP contribution in [-0.2, 0) is 5.41 Å². The molecule has 0 spiro atoms. The summed E-state index contributed by atoms with van der Waals surface area (Å²) < 4.78 is 19.2. The van der Waals surface area contributed by atoms with Crippen LogP contribution >= 0.6 is 0 Å². The number of benzene rings is 1. The Balaban J connectivity index is 1.30. The van der Waals surface area contributed by atoms with Gasteiger partial charge in [-0.05, 0) is 36.0 Å². The van der Waals surface area contributed by atoms with E-state index in [9.17, 15) is 4.39 Å². The summed E-state index contributed by atoms with van der Waals surface area (Å²) in [7, 11) is 0. The Labute approximate surface area is 172 Å². The topological polar surface area (TPSA) is 41.5 Å². The maximum Gasteiger partial charge on any atom is 0.225 e. The second-order valence-electron chi connectivity index (χ2n) is 9.33. The molecule has 0 unspecified atom stereocenters. The molecule has 5 nitrogen and oxygen atoms in total. The number of piperidine rings is 1. The molecule has 0 saturated carbocycles. The Morgan fingerprint density at radius 3 is 2.66 bits per heavy atom. The Hall–Kier alpha value is -2.21. The second-order valence-corrected chi connectivity index (χ2v) is 9.33. The number of aromatic nitrogens is 2. The van der Waals surface area contributed by atoms with Gasteiger partial charge in [0.1, 0.15) is 5.75 Å². The van der Waals surface area contributed by atoms with Crippen LogP contribution in [0, 0.1) is 11.7 Å².